The summed E-state index contributed by atoms with van der Waals surface area (Å²) in [6.07, 6.45) is 6.61. The Labute approximate surface area is 183 Å². The van der Waals surface area contributed by atoms with Crippen molar-refractivity contribution in [2.24, 2.45) is 0 Å². The lowest BCUT2D eigenvalue weighted by Crippen LogP contribution is -2.55. The summed E-state index contributed by atoms with van der Waals surface area (Å²) in [6, 6.07) is 18.0. The van der Waals surface area contributed by atoms with Crippen molar-refractivity contribution in [1.82, 2.24) is 19.6 Å². The van der Waals surface area contributed by atoms with Crippen molar-refractivity contribution in [1.29, 1.82) is 0 Å². The molecule has 2 aromatic carbocycles. The van der Waals surface area contributed by atoms with E-state index in [0.29, 0.717) is 6.04 Å². The van der Waals surface area contributed by atoms with Crippen molar-refractivity contribution >= 4 is 5.69 Å². The molecule has 2 aliphatic rings. The Morgan fingerprint density at radius 1 is 0.903 bits per heavy atom. The molecule has 5 nitrogen and oxygen atoms in total. The van der Waals surface area contributed by atoms with Gasteiger partial charge in [0.05, 0.1) is 17.6 Å². The number of hydrogen-bond acceptors (Lipinski definition) is 4. The largest absolute Gasteiger partial charge is 0.367 e. The van der Waals surface area contributed by atoms with Crippen LogP contribution in [0, 0.1) is 5.82 Å². The summed E-state index contributed by atoms with van der Waals surface area (Å²) in [5.41, 5.74) is 3.09. The highest BCUT2D eigenvalue weighted by molar-refractivity contribution is 5.48. The van der Waals surface area contributed by atoms with Gasteiger partial charge in [0.2, 0.25) is 0 Å². The van der Waals surface area contributed by atoms with Crippen LogP contribution in [-0.2, 0) is 6.54 Å². The third-order valence-electron chi connectivity index (χ3n) is 6.57. The molecule has 0 saturated carbocycles. The fraction of sp³-hybridized carbons (Fsp3) is 0.400. The molecule has 0 spiro atoms. The number of benzene rings is 2. The van der Waals surface area contributed by atoms with E-state index in [4.69, 9.17) is 0 Å². The third-order valence-corrected chi connectivity index (χ3v) is 6.57. The van der Waals surface area contributed by atoms with E-state index in [0.717, 1.165) is 57.2 Å². The molecule has 3 aromatic rings. The number of likely N-dealkylation sites (tertiary alicyclic amines) is 1. The van der Waals surface area contributed by atoms with Crippen LogP contribution in [0.25, 0.3) is 5.69 Å². The van der Waals surface area contributed by atoms with E-state index in [-0.39, 0.29) is 5.82 Å². The highest BCUT2D eigenvalue weighted by Gasteiger charge is 2.28. The molecule has 2 fully saturated rings. The maximum Gasteiger partial charge on any atom is 0.146 e. The molecular weight excluding hydrogens is 389 g/mol. The molecule has 162 valence electrons. The van der Waals surface area contributed by atoms with Gasteiger partial charge in [-0.05, 0) is 43.7 Å². The van der Waals surface area contributed by atoms with Crippen LogP contribution in [0.4, 0.5) is 10.1 Å². The van der Waals surface area contributed by atoms with Crippen LogP contribution in [0.5, 0.6) is 0 Å². The molecule has 0 amide bonds. The van der Waals surface area contributed by atoms with Crippen molar-refractivity contribution < 1.29 is 4.39 Å². The van der Waals surface area contributed by atoms with Crippen LogP contribution in [0.3, 0.4) is 0 Å². The van der Waals surface area contributed by atoms with E-state index in [2.05, 4.69) is 38.1 Å². The highest BCUT2D eigenvalue weighted by Crippen LogP contribution is 2.23. The van der Waals surface area contributed by atoms with Gasteiger partial charge in [0, 0.05) is 57.1 Å². The SMILES string of the molecule is Fc1ccccc1N1CCN([C@H]2CCCN(Cc3cnn(-c4ccccc4)c3)C2)CC1. The molecule has 5 rings (SSSR count). The normalized spacial score (nSPS) is 20.8. The monoisotopic (exact) mass is 419 g/mol. The Morgan fingerprint density at radius 2 is 1.68 bits per heavy atom. The Balaban J connectivity index is 1.16. The molecule has 3 heterocycles. The maximum absolute atomic E-state index is 14.1. The standard InChI is InChI=1S/C25H30FN5/c26-24-10-4-5-11-25(24)30-15-13-29(14-16-30)23-9-6-12-28(20-23)18-21-17-27-31(19-21)22-7-2-1-3-8-22/h1-5,7-8,10-11,17,19,23H,6,9,12-16,18,20H2/t23-/m0/s1. The number of rotatable bonds is 5. The first-order valence-corrected chi connectivity index (χ1v) is 11.3. The molecule has 1 aromatic heterocycles. The van der Waals surface area contributed by atoms with Crippen LogP contribution in [0.2, 0.25) is 0 Å². The van der Waals surface area contributed by atoms with E-state index in [1.807, 2.05) is 41.2 Å². The fourth-order valence-corrected chi connectivity index (χ4v) is 4.93. The van der Waals surface area contributed by atoms with Crippen molar-refractivity contribution in [3.63, 3.8) is 0 Å². The van der Waals surface area contributed by atoms with E-state index >= 15 is 0 Å². The first kappa shape index (κ1) is 20.2. The summed E-state index contributed by atoms with van der Waals surface area (Å²) in [5.74, 6) is -0.115. The first-order valence-electron chi connectivity index (χ1n) is 11.3. The van der Waals surface area contributed by atoms with Crippen molar-refractivity contribution in [3.05, 3.63) is 78.4 Å². The average Bonchev–Trinajstić information content (AvgIpc) is 3.29. The number of nitrogens with zero attached hydrogens (tertiary/aromatic N) is 5. The van der Waals surface area contributed by atoms with Gasteiger partial charge in [0.25, 0.3) is 0 Å². The van der Waals surface area contributed by atoms with Gasteiger partial charge in [-0.15, -0.1) is 0 Å². The highest BCUT2D eigenvalue weighted by atomic mass is 19.1. The number of para-hydroxylation sites is 2. The van der Waals surface area contributed by atoms with Gasteiger partial charge < -0.3 is 4.90 Å². The van der Waals surface area contributed by atoms with E-state index in [1.165, 1.54) is 18.4 Å². The van der Waals surface area contributed by atoms with Gasteiger partial charge in [-0.3, -0.25) is 9.80 Å². The zero-order valence-electron chi connectivity index (χ0n) is 17.9. The Kier molecular flexibility index (Phi) is 6.00. The first-order chi connectivity index (χ1) is 15.3. The topological polar surface area (TPSA) is 27.5 Å². The third kappa shape index (κ3) is 4.65. The number of anilines is 1. The van der Waals surface area contributed by atoms with Gasteiger partial charge in [-0.2, -0.15) is 5.10 Å². The lowest BCUT2D eigenvalue weighted by molar-refractivity contribution is 0.0887. The Hall–Kier alpha value is -2.70. The van der Waals surface area contributed by atoms with Crippen LogP contribution in [0.15, 0.2) is 67.0 Å². The Morgan fingerprint density at radius 3 is 2.48 bits per heavy atom. The second kappa shape index (κ2) is 9.20. The maximum atomic E-state index is 14.1. The van der Waals surface area contributed by atoms with E-state index in [9.17, 15) is 4.39 Å². The zero-order chi connectivity index (χ0) is 21.0. The number of aromatic nitrogens is 2. The van der Waals surface area contributed by atoms with Crippen LogP contribution >= 0.6 is 0 Å². The van der Waals surface area contributed by atoms with Gasteiger partial charge in [-0.1, -0.05) is 30.3 Å². The average molecular weight is 420 g/mol. The molecule has 0 N–H and O–H groups in total. The minimum Gasteiger partial charge on any atom is -0.367 e. The quantitative estimate of drug-likeness (QED) is 0.629. The molecule has 0 aliphatic carbocycles. The minimum atomic E-state index is -0.115. The summed E-state index contributed by atoms with van der Waals surface area (Å²) >= 11 is 0. The Bertz CT molecular complexity index is 980. The van der Waals surface area contributed by atoms with Gasteiger partial charge in [-0.25, -0.2) is 9.07 Å². The predicted molar refractivity (Wildman–Crippen MR) is 122 cm³/mol. The van der Waals surface area contributed by atoms with E-state index < -0.39 is 0 Å². The van der Waals surface area contributed by atoms with Gasteiger partial charge in [0.15, 0.2) is 0 Å². The summed E-state index contributed by atoms with van der Waals surface area (Å²) in [7, 11) is 0. The second-order valence-corrected chi connectivity index (χ2v) is 8.63. The zero-order valence-corrected chi connectivity index (χ0v) is 17.9. The summed E-state index contributed by atoms with van der Waals surface area (Å²) in [5, 5.41) is 4.55. The summed E-state index contributed by atoms with van der Waals surface area (Å²) < 4.78 is 16.1. The van der Waals surface area contributed by atoms with E-state index in [1.54, 1.807) is 12.1 Å². The molecule has 0 radical (unpaired) electrons. The number of halogens is 1. The molecule has 2 aliphatic heterocycles. The summed E-state index contributed by atoms with van der Waals surface area (Å²) in [6.45, 7) is 6.96. The van der Waals surface area contributed by atoms with Gasteiger partial charge >= 0.3 is 0 Å². The number of piperazine rings is 1. The molecule has 1 atom stereocenters. The lowest BCUT2D eigenvalue weighted by atomic mass is 10.0. The van der Waals surface area contributed by atoms with Crippen LogP contribution in [-0.4, -0.2) is 64.9 Å². The summed E-state index contributed by atoms with van der Waals surface area (Å²) in [4.78, 5) is 7.35. The molecule has 0 bridgehead atoms. The molecular formula is C25H30FN5. The van der Waals surface area contributed by atoms with Crippen molar-refractivity contribution in [3.8, 4) is 5.69 Å². The van der Waals surface area contributed by atoms with Crippen molar-refractivity contribution in [2.45, 2.75) is 25.4 Å². The molecule has 31 heavy (non-hydrogen) atoms. The van der Waals surface area contributed by atoms with Crippen LogP contribution < -0.4 is 4.90 Å². The van der Waals surface area contributed by atoms with Gasteiger partial charge in [0.1, 0.15) is 5.82 Å². The minimum absolute atomic E-state index is 0.115. The second-order valence-electron chi connectivity index (χ2n) is 8.63. The number of piperidine rings is 1. The molecule has 0 unspecified atom stereocenters. The van der Waals surface area contributed by atoms with Crippen molar-refractivity contribution in [2.75, 3.05) is 44.2 Å². The smallest absolute Gasteiger partial charge is 0.146 e. The lowest BCUT2D eigenvalue weighted by Gasteiger charge is -2.44. The number of hydrogen-bond donors (Lipinski definition) is 0. The molecule has 2 saturated heterocycles. The fourth-order valence-electron chi connectivity index (χ4n) is 4.93. The van der Waals surface area contributed by atoms with Crippen LogP contribution in [0.1, 0.15) is 18.4 Å². The molecule has 6 heteroatoms. The predicted octanol–water partition coefficient (Wildman–Crippen LogP) is 3.80.